The summed E-state index contributed by atoms with van der Waals surface area (Å²) in [5.74, 6) is -0.351. The van der Waals surface area contributed by atoms with Crippen LogP contribution in [0, 0.1) is 0 Å². The van der Waals surface area contributed by atoms with Gasteiger partial charge in [0.05, 0.1) is 5.69 Å². The maximum Gasteiger partial charge on any atom is 0.277 e. The lowest BCUT2D eigenvalue weighted by molar-refractivity contribution is 0.0951. The summed E-state index contributed by atoms with van der Waals surface area (Å²) in [5, 5.41) is 9.24. The number of carbonyl (C=O) groups excluding carboxylic acids is 1. The second-order valence-corrected chi connectivity index (χ2v) is 5.31. The molecule has 0 saturated carbocycles. The predicted octanol–water partition coefficient (Wildman–Crippen LogP) is 1.87. The van der Waals surface area contributed by atoms with Crippen LogP contribution in [-0.4, -0.2) is 22.6 Å². The molecule has 7 heteroatoms. The van der Waals surface area contributed by atoms with Gasteiger partial charge in [0.15, 0.2) is 0 Å². The van der Waals surface area contributed by atoms with Crippen LogP contribution in [0.5, 0.6) is 0 Å². The largest absolute Gasteiger partial charge is 0.399 e. The highest BCUT2D eigenvalue weighted by molar-refractivity contribution is 5.95. The van der Waals surface area contributed by atoms with Gasteiger partial charge in [0.2, 0.25) is 0 Å². The Bertz CT molecular complexity index is 741. The number of aromatic nitrogens is 2. The molecule has 0 fully saturated rings. The molecule has 0 unspecified atom stereocenters. The van der Waals surface area contributed by atoms with Crippen molar-refractivity contribution in [1.29, 1.82) is 0 Å². The van der Waals surface area contributed by atoms with Gasteiger partial charge in [0, 0.05) is 12.2 Å². The number of anilines is 1. The Balaban J connectivity index is 0.00000288. The van der Waals surface area contributed by atoms with Gasteiger partial charge >= 0.3 is 0 Å². The fourth-order valence-electron chi connectivity index (χ4n) is 2.53. The summed E-state index contributed by atoms with van der Waals surface area (Å²) in [6.07, 6.45) is 1.95. The third-order valence-corrected chi connectivity index (χ3v) is 3.76. The van der Waals surface area contributed by atoms with E-state index in [-0.39, 0.29) is 23.9 Å². The van der Waals surface area contributed by atoms with Crippen molar-refractivity contribution in [2.24, 2.45) is 0 Å². The van der Waals surface area contributed by atoms with Gasteiger partial charge in [-0.2, -0.15) is 5.10 Å². The molecule has 2 rings (SSSR count). The van der Waals surface area contributed by atoms with Crippen LogP contribution in [0.4, 0.5) is 5.69 Å². The van der Waals surface area contributed by atoms with Crippen molar-refractivity contribution in [3.8, 4) is 0 Å². The molecular formula is C17H23ClN4O2. The van der Waals surface area contributed by atoms with E-state index < -0.39 is 5.56 Å². The van der Waals surface area contributed by atoms with Gasteiger partial charge in [-0.1, -0.05) is 26.0 Å². The number of amides is 1. The fraction of sp³-hybridized carbons (Fsp3) is 0.353. The molecule has 0 bridgehead atoms. The minimum Gasteiger partial charge on any atom is -0.399 e. The number of halogens is 1. The van der Waals surface area contributed by atoms with Crippen LogP contribution in [0.15, 0.2) is 29.1 Å². The first kappa shape index (κ1) is 19.7. The Morgan fingerprint density at radius 3 is 2.46 bits per heavy atom. The number of hydrogen-bond donors (Lipinski definition) is 3. The van der Waals surface area contributed by atoms with Crippen LogP contribution < -0.4 is 16.6 Å². The van der Waals surface area contributed by atoms with Crippen molar-refractivity contribution in [2.45, 2.75) is 33.1 Å². The van der Waals surface area contributed by atoms with Crippen LogP contribution in [0.1, 0.15) is 41.0 Å². The first-order valence-corrected chi connectivity index (χ1v) is 7.79. The van der Waals surface area contributed by atoms with E-state index in [2.05, 4.69) is 15.5 Å². The lowest BCUT2D eigenvalue weighted by Crippen LogP contribution is -2.33. The van der Waals surface area contributed by atoms with Gasteiger partial charge in [0.25, 0.3) is 11.5 Å². The number of H-pyrrole nitrogens is 1. The number of nitrogens with one attached hydrogen (secondary N) is 2. The number of carbonyl (C=O) groups is 1. The minimum atomic E-state index is -0.441. The van der Waals surface area contributed by atoms with Crippen LogP contribution in [0.2, 0.25) is 0 Å². The van der Waals surface area contributed by atoms with E-state index in [4.69, 9.17) is 5.73 Å². The molecule has 24 heavy (non-hydrogen) atoms. The number of rotatable bonds is 6. The van der Waals surface area contributed by atoms with E-state index in [0.717, 1.165) is 16.8 Å². The first-order chi connectivity index (χ1) is 11.1. The summed E-state index contributed by atoms with van der Waals surface area (Å²) >= 11 is 0. The zero-order chi connectivity index (χ0) is 16.8. The van der Waals surface area contributed by atoms with Crippen molar-refractivity contribution in [2.75, 3.05) is 12.3 Å². The second-order valence-electron chi connectivity index (χ2n) is 5.31. The molecule has 1 aromatic carbocycles. The minimum absolute atomic E-state index is 0. The van der Waals surface area contributed by atoms with E-state index >= 15 is 0 Å². The lowest BCUT2D eigenvalue weighted by Gasteiger charge is -2.11. The zero-order valence-corrected chi connectivity index (χ0v) is 14.7. The molecule has 0 radical (unpaired) electrons. The Labute approximate surface area is 147 Å². The van der Waals surface area contributed by atoms with Crippen molar-refractivity contribution in [3.63, 3.8) is 0 Å². The monoisotopic (exact) mass is 350 g/mol. The van der Waals surface area contributed by atoms with Crippen LogP contribution in [0.3, 0.4) is 0 Å². The molecule has 0 aliphatic heterocycles. The molecule has 0 saturated heterocycles. The number of nitrogens with zero attached hydrogens (tertiary/aromatic N) is 1. The highest BCUT2D eigenvalue weighted by Gasteiger charge is 2.18. The standard InChI is InChI=1S/C17H22N4O2.ClH/c1-3-13-14(4-2)20-21-17(23)15(13)16(22)19-10-9-11-5-7-12(18)8-6-11;/h5-8H,3-4,9-10,18H2,1-2H3,(H,19,22)(H,21,23);1H. The summed E-state index contributed by atoms with van der Waals surface area (Å²) in [6, 6.07) is 7.50. The van der Waals surface area contributed by atoms with Crippen LogP contribution in [-0.2, 0) is 19.3 Å². The van der Waals surface area contributed by atoms with E-state index in [1.54, 1.807) is 0 Å². The normalized spacial score (nSPS) is 10.1. The van der Waals surface area contributed by atoms with Crippen molar-refractivity contribution >= 4 is 24.0 Å². The number of aromatic amines is 1. The fourth-order valence-corrected chi connectivity index (χ4v) is 2.53. The smallest absolute Gasteiger partial charge is 0.277 e. The summed E-state index contributed by atoms with van der Waals surface area (Å²) in [4.78, 5) is 24.4. The molecule has 2 aromatic rings. The van der Waals surface area contributed by atoms with E-state index in [1.807, 2.05) is 38.1 Å². The topological polar surface area (TPSA) is 101 Å². The van der Waals surface area contributed by atoms with Gasteiger partial charge in [-0.15, -0.1) is 12.4 Å². The molecular weight excluding hydrogens is 328 g/mol. The molecule has 6 nitrogen and oxygen atoms in total. The SMILES string of the molecule is CCc1n[nH]c(=O)c(C(=O)NCCc2ccc(N)cc2)c1CC.Cl. The Kier molecular flexibility index (Phi) is 7.45. The number of hydrogen-bond acceptors (Lipinski definition) is 4. The molecule has 0 aliphatic carbocycles. The zero-order valence-electron chi connectivity index (χ0n) is 13.9. The molecule has 4 N–H and O–H groups in total. The number of aryl methyl sites for hydroxylation is 1. The van der Waals surface area contributed by atoms with Crippen LogP contribution >= 0.6 is 12.4 Å². The number of nitrogen functional groups attached to an aromatic ring is 1. The quantitative estimate of drug-likeness (QED) is 0.692. The summed E-state index contributed by atoms with van der Waals surface area (Å²) < 4.78 is 0. The van der Waals surface area contributed by atoms with Crippen LogP contribution in [0.25, 0.3) is 0 Å². The predicted molar refractivity (Wildman–Crippen MR) is 97.8 cm³/mol. The van der Waals surface area contributed by atoms with Crippen molar-refractivity contribution < 1.29 is 4.79 Å². The molecule has 1 heterocycles. The van der Waals surface area contributed by atoms with E-state index in [9.17, 15) is 9.59 Å². The number of nitrogens with two attached hydrogens (primary N) is 1. The van der Waals surface area contributed by atoms with Gasteiger partial charge in [-0.25, -0.2) is 5.10 Å². The summed E-state index contributed by atoms with van der Waals surface area (Å²) in [7, 11) is 0. The Hall–Kier alpha value is -2.34. The molecule has 130 valence electrons. The Morgan fingerprint density at radius 2 is 1.88 bits per heavy atom. The Morgan fingerprint density at radius 1 is 1.21 bits per heavy atom. The summed E-state index contributed by atoms with van der Waals surface area (Å²) in [6.45, 7) is 4.32. The molecule has 1 aromatic heterocycles. The van der Waals surface area contributed by atoms with Gasteiger partial charge < -0.3 is 11.1 Å². The highest BCUT2D eigenvalue weighted by atomic mass is 35.5. The van der Waals surface area contributed by atoms with Crippen molar-refractivity contribution in [1.82, 2.24) is 15.5 Å². The maximum absolute atomic E-state index is 12.4. The van der Waals surface area contributed by atoms with E-state index in [1.165, 1.54) is 0 Å². The van der Waals surface area contributed by atoms with Gasteiger partial charge in [-0.3, -0.25) is 9.59 Å². The third-order valence-electron chi connectivity index (χ3n) is 3.76. The molecule has 0 spiro atoms. The summed E-state index contributed by atoms with van der Waals surface area (Å²) in [5.41, 5.74) is 8.65. The van der Waals surface area contributed by atoms with Crippen molar-refractivity contribution in [3.05, 3.63) is 57.0 Å². The van der Waals surface area contributed by atoms with Gasteiger partial charge in [0.1, 0.15) is 5.56 Å². The molecule has 1 amide bonds. The van der Waals surface area contributed by atoms with E-state index in [0.29, 0.717) is 31.5 Å². The average Bonchev–Trinajstić information content (AvgIpc) is 2.56. The van der Waals surface area contributed by atoms with Gasteiger partial charge in [-0.05, 0) is 42.5 Å². The highest BCUT2D eigenvalue weighted by Crippen LogP contribution is 2.10. The third kappa shape index (κ3) is 4.58. The first-order valence-electron chi connectivity index (χ1n) is 7.79. The molecule has 0 aliphatic rings. The maximum atomic E-state index is 12.4. The average molecular weight is 351 g/mol. The number of benzene rings is 1. The lowest BCUT2D eigenvalue weighted by atomic mass is 10.0. The second kappa shape index (κ2) is 9.08. The molecule has 0 atom stereocenters.